The largest absolute Gasteiger partial charge is 0.457 e. The molecular formula is C14H10Br2O. The zero-order valence-electron chi connectivity index (χ0n) is 8.94. The maximum absolute atomic E-state index is 5.69. The van der Waals surface area contributed by atoms with Crippen molar-refractivity contribution < 1.29 is 4.74 Å². The second kappa shape index (κ2) is 6.03. The normalized spacial score (nSPS) is 9.76. The molecule has 0 N–H and O–H groups in total. The molecule has 0 unspecified atom stereocenters. The first-order valence-electron chi connectivity index (χ1n) is 5.10. The zero-order chi connectivity index (χ0) is 12.1. The second-order valence-corrected chi connectivity index (χ2v) is 6.19. The Kier molecular flexibility index (Phi) is 4.40. The fraction of sp³-hybridized carbons (Fsp3) is 0. The van der Waals surface area contributed by atoms with Gasteiger partial charge >= 0.3 is 0 Å². The van der Waals surface area contributed by atoms with Gasteiger partial charge in [0.25, 0.3) is 0 Å². The minimum absolute atomic E-state index is 0.832. The monoisotopic (exact) mass is 352 g/mol. The Morgan fingerprint density at radius 3 is 2.00 bits per heavy atom. The molecular weight excluding hydrogens is 344 g/mol. The van der Waals surface area contributed by atoms with E-state index in [9.17, 15) is 0 Å². The molecule has 2 aromatic carbocycles. The van der Waals surface area contributed by atoms with Crippen molar-refractivity contribution >= 4 is 37.9 Å². The topological polar surface area (TPSA) is 9.23 Å². The van der Waals surface area contributed by atoms with Crippen LogP contribution in [0.2, 0.25) is 0 Å². The van der Waals surface area contributed by atoms with Crippen molar-refractivity contribution in [2.24, 2.45) is 0 Å². The van der Waals surface area contributed by atoms with Crippen molar-refractivity contribution in [3.8, 4) is 11.5 Å². The molecule has 2 aromatic rings. The van der Waals surface area contributed by atoms with Crippen LogP contribution in [0.4, 0.5) is 0 Å². The van der Waals surface area contributed by atoms with Crippen LogP contribution in [0.1, 0.15) is 5.56 Å². The van der Waals surface area contributed by atoms with Crippen molar-refractivity contribution in [1.29, 1.82) is 0 Å². The third kappa shape index (κ3) is 4.02. The molecule has 0 aliphatic carbocycles. The number of halogens is 2. The molecule has 86 valence electrons. The van der Waals surface area contributed by atoms with Gasteiger partial charge in [-0.15, -0.1) is 0 Å². The lowest BCUT2D eigenvalue weighted by molar-refractivity contribution is 0.482. The van der Waals surface area contributed by atoms with E-state index in [0.29, 0.717) is 0 Å². The van der Waals surface area contributed by atoms with Crippen LogP contribution in [0.3, 0.4) is 0 Å². The van der Waals surface area contributed by atoms with Gasteiger partial charge in [-0.3, -0.25) is 0 Å². The van der Waals surface area contributed by atoms with E-state index >= 15 is 0 Å². The molecule has 0 saturated carbocycles. The van der Waals surface area contributed by atoms with Gasteiger partial charge in [-0.1, -0.05) is 30.3 Å². The third-order valence-corrected chi connectivity index (χ3v) is 2.59. The highest BCUT2D eigenvalue weighted by Crippen LogP contribution is 2.23. The number of ether oxygens (including phenoxy) is 1. The summed E-state index contributed by atoms with van der Waals surface area (Å²) >= 11 is 6.66. The van der Waals surface area contributed by atoms with Crippen molar-refractivity contribution in [3.63, 3.8) is 0 Å². The first kappa shape index (κ1) is 12.4. The lowest BCUT2D eigenvalue weighted by Gasteiger charge is -2.05. The minimum atomic E-state index is 0.832. The molecule has 0 bridgehead atoms. The molecule has 0 heterocycles. The Hall–Kier alpha value is -1.06. The molecule has 0 saturated heterocycles. The summed E-state index contributed by atoms with van der Waals surface area (Å²) in [6, 6.07) is 17.6. The van der Waals surface area contributed by atoms with Crippen LogP contribution in [-0.2, 0) is 0 Å². The average Bonchev–Trinajstić information content (AvgIpc) is 2.32. The lowest BCUT2D eigenvalue weighted by atomic mass is 10.2. The highest BCUT2D eigenvalue weighted by Gasteiger charge is 1.96. The smallest absolute Gasteiger partial charge is 0.127 e. The van der Waals surface area contributed by atoms with Crippen molar-refractivity contribution in [2.45, 2.75) is 0 Å². The third-order valence-electron chi connectivity index (χ3n) is 2.13. The molecule has 17 heavy (non-hydrogen) atoms. The summed E-state index contributed by atoms with van der Waals surface area (Å²) in [5.41, 5.74) is 1.11. The van der Waals surface area contributed by atoms with Crippen LogP contribution < -0.4 is 4.74 Å². The molecule has 2 rings (SSSR count). The van der Waals surface area contributed by atoms with E-state index in [1.54, 1.807) is 0 Å². The van der Waals surface area contributed by atoms with Crippen LogP contribution in [0.5, 0.6) is 11.5 Å². The first-order chi connectivity index (χ1) is 8.24. The van der Waals surface area contributed by atoms with Gasteiger partial charge in [-0.2, -0.15) is 0 Å². The van der Waals surface area contributed by atoms with Crippen LogP contribution in [-0.4, -0.2) is 0 Å². The molecule has 0 aliphatic heterocycles. The van der Waals surface area contributed by atoms with Crippen molar-refractivity contribution in [3.05, 3.63) is 63.6 Å². The number of hydrogen-bond acceptors (Lipinski definition) is 1. The zero-order valence-corrected chi connectivity index (χ0v) is 12.1. The average molecular weight is 354 g/mol. The molecule has 0 spiro atoms. The van der Waals surface area contributed by atoms with Gasteiger partial charge in [-0.05, 0) is 67.8 Å². The fourth-order valence-electron chi connectivity index (χ4n) is 1.38. The summed E-state index contributed by atoms with van der Waals surface area (Å²) in [7, 11) is 0. The van der Waals surface area contributed by atoms with Crippen molar-refractivity contribution in [2.75, 3.05) is 0 Å². The summed E-state index contributed by atoms with van der Waals surface area (Å²) < 4.78 is 6.61. The molecule has 0 amide bonds. The van der Waals surface area contributed by atoms with E-state index in [-0.39, 0.29) is 0 Å². The van der Waals surface area contributed by atoms with E-state index in [1.165, 1.54) is 0 Å². The quantitative estimate of drug-likeness (QED) is 0.701. The number of benzene rings is 2. The standard InChI is InChI=1S/C14H10Br2O/c15-14(16)10-11-6-8-13(9-7-11)17-12-4-2-1-3-5-12/h1-10H. The van der Waals surface area contributed by atoms with Gasteiger partial charge in [-0.25, -0.2) is 0 Å². The molecule has 3 heteroatoms. The maximum Gasteiger partial charge on any atom is 0.127 e. The van der Waals surface area contributed by atoms with Crippen molar-refractivity contribution in [1.82, 2.24) is 0 Å². The van der Waals surface area contributed by atoms with Crippen LogP contribution >= 0.6 is 31.9 Å². The fourth-order valence-corrected chi connectivity index (χ4v) is 1.91. The van der Waals surface area contributed by atoms with Gasteiger partial charge in [0, 0.05) is 0 Å². The Bertz CT molecular complexity index is 500. The Labute approximate surface area is 117 Å². The predicted octanol–water partition coefficient (Wildman–Crippen LogP) is 5.57. The van der Waals surface area contributed by atoms with Crippen LogP contribution in [0.15, 0.2) is 58.0 Å². The van der Waals surface area contributed by atoms with Gasteiger partial charge in [0.2, 0.25) is 0 Å². The molecule has 0 aromatic heterocycles. The van der Waals surface area contributed by atoms with Crippen LogP contribution in [0.25, 0.3) is 6.08 Å². The molecule has 1 nitrogen and oxygen atoms in total. The van der Waals surface area contributed by atoms with E-state index in [2.05, 4.69) is 31.9 Å². The summed E-state index contributed by atoms with van der Waals surface area (Å²) in [5, 5.41) is 0. The predicted molar refractivity (Wildman–Crippen MR) is 78.8 cm³/mol. The van der Waals surface area contributed by atoms with Gasteiger partial charge in [0.05, 0.1) is 3.39 Å². The van der Waals surface area contributed by atoms with Crippen LogP contribution in [0, 0.1) is 0 Å². The van der Waals surface area contributed by atoms with E-state index in [1.807, 2.05) is 60.7 Å². The summed E-state index contributed by atoms with van der Waals surface area (Å²) in [6.45, 7) is 0. The highest BCUT2D eigenvalue weighted by molar-refractivity contribution is 9.28. The minimum Gasteiger partial charge on any atom is -0.457 e. The number of para-hydroxylation sites is 1. The first-order valence-corrected chi connectivity index (χ1v) is 6.68. The Morgan fingerprint density at radius 2 is 1.41 bits per heavy atom. The lowest BCUT2D eigenvalue weighted by Crippen LogP contribution is -1.83. The summed E-state index contributed by atoms with van der Waals surface area (Å²) in [5.74, 6) is 1.68. The molecule has 0 aliphatic rings. The van der Waals surface area contributed by atoms with Gasteiger partial charge in [0.1, 0.15) is 11.5 Å². The Balaban J connectivity index is 2.11. The summed E-state index contributed by atoms with van der Waals surface area (Å²) in [6.07, 6.45) is 1.98. The van der Waals surface area contributed by atoms with Gasteiger partial charge < -0.3 is 4.74 Å². The van der Waals surface area contributed by atoms with Gasteiger partial charge in [0.15, 0.2) is 0 Å². The maximum atomic E-state index is 5.69. The Morgan fingerprint density at radius 1 is 0.824 bits per heavy atom. The SMILES string of the molecule is BrC(Br)=Cc1ccc(Oc2ccccc2)cc1. The number of hydrogen-bond donors (Lipinski definition) is 0. The number of rotatable bonds is 3. The molecule has 0 atom stereocenters. The highest BCUT2D eigenvalue weighted by atomic mass is 79.9. The van der Waals surface area contributed by atoms with E-state index in [4.69, 9.17) is 4.74 Å². The van der Waals surface area contributed by atoms with E-state index < -0.39 is 0 Å². The summed E-state index contributed by atoms with van der Waals surface area (Å²) in [4.78, 5) is 0. The molecule has 0 radical (unpaired) electrons. The molecule has 0 fully saturated rings. The van der Waals surface area contributed by atoms with E-state index in [0.717, 1.165) is 20.5 Å². The second-order valence-electron chi connectivity index (χ2n) is 3.42.